The quantitative estimate of drug-likeness (QED) is 0.619. The van der Waals surface area contributed by atoms with Gasteiger partial charge in [0.2, 0.25) is 0 Å². The highest BCUT2D eigenvalue weighted by Crippen LogP contribution is 2.24. The lowest BCUT2D eigenvalue weighted by atomic mass is 10.0. The average molecular weight is 347 g/mol. The number of halogens is 2. The van der Waals surface area contributed by atoms with E-state index in [0.717, 1.165) is 15.4 Å². The van der Waals surface area contributed by atoms with Crippen molar-refractivity contribution in [3.05, 3.63) is 75.4 Å². The maximum absolute atomic E-state index is 12.5. The number of nitrogens with zero attached hydrogens (tertiary/aromatic N) is 1. The fraction of sp³-hybridized carbons (Fsp3) is 0. The highest BCUT2D eigenvalue weighted by atomic mass is 79.9. The smallest absolute Gasteiger partial charge is 0.194 e. The minimum atomic E-state index is -0.102. The number of fused-ring (bicyclic) bond motifs is 1. The van der Waals surface area contributed by atoms with Crippen LogP contribution in [0.3, 0.4) is 0 Å². The molecule has 0 aliphatic rings. The summed E-state index contributed by atoms with van der Waals surface area (Å²) in [5.74, 6) is -0.102. The van der Waals surface area contributed by atoms with Crippen LogP contribution in [0.2, 0.25) is 5.02 Å². The molecule has 0 N–H and O–H groups in total. The largest absolute Gasteiger partial charge is 0.289 e. The average Bonchev–Trinajstić information content (AvgIpc) is 2.46. The highest BCUT2D eigenvalue weighted by Gasteiger charge is 2.13. The Morgan fingerprint density at radius 2 is 1.95 bits per heavy atom. The van der Waals surface area contributed by atoms with Gasteiger partial charge in [-0.3, -0.25) is 9.78 Å². The van der Waals surface area contributed by atoms with Crippen molar-refractivity contribution in [1.29, 1.82) is 0 Å². The van der Waals surface area contributed by atoms with Crippen LogP contribution in [0.25, 0.3) is 10.9 Å². The van der Waals surface area contributed by atoms with E-state index in [4.69, 9.17) is 11.6 Å². The molecule has 0 unspecified atom stereocenters. The lowest BCUT2D eigenvalue weighted by Crippen LogP contribution is -2.02. The van der Waals surface area contributed by atoms with Crippen LogP contribution in [0.4, 0.5) is 0 Å². The molecular weight excluding hydrogens is 338 g/mol. The molecule has 0 bridgehead atoms. The van der Waals surface area contributed by atoms with Crippen LogP contribution in [-0.4, -0.2) is 10.8 Å². The molecule has 0 amide bonds. The molecule has 2 aromatic carbocycles. The third-order valence-electron chi connectivity index (χ3n) is 3.04. The minimum Gasteiger partial charge on any atom is -0.289 e. The topological polar surface area (TPSA) is 30.0 Å². The number of hydrogen-bond acceptors (Lipinski definition) is 2. The summed E-state index contributed by atoms with van der Waals surface area (Å²) in [6.45, 7) is 0. The predicted octanol–water partition coefficient (Wildman–Crippen LogP) is 4.88. The van der Waals surface area contributed by atoms with Crippen molar-refractivity contribution in [2.24, 2.45) is 0 Å². The van der Waals surface area contributed by atoms with Crippen LogP contribution in [0.5, 0.6) is 0 Å². The monoisotopic (exact) mass is 345 g/mol. The molecule has 98 valence electrons. The van der Waals surface area contributed by atoms with Gasteiger partial charge in [0.05, 0.1) is 10.5 Å². The highest BCUT2D eigenvalue weighted by molar-refractivity contribution is 9.10. The van der Waals surface area contributed by atoms with E-state index < -0.39 is 0 Å². The number of pyridine rings is 1. The molecule has 0 aliphatic heterocycles. The summed E-state index contributed by atoms with van der Waals surface area (Å²) in [5, 5.41) is 1.44. The number of aromatic nitrogens is 1. The zero-order valence-electron chi connectivity index (χ0n) is 10.3. The number of hydrogen-bond donors (Lipinski definition) is 0. The van der Waals surface area contributed by atoms with Gasteiger partial charge in [0, 0.05) is 27.2 Å². The van der Waals surface area contributed by atoms with Crippen LogP contribution in [0.1, 0.15) is 15.9 Å². The summed E-state index contributed by atoms with van der Waals surface area (Å²) in [6.07, 6.45) is 1.71. The van der Waals surface area contributed by atoms with Gasteiger partial charge in [-0.1, -0.05) is 45.7 Å². The Balaban J connectivity index is 2.08. The third kappa shape index (κ3) is 2.47. The second kappa shape index (κ2) is 5.35. The number of ketones is 1. The van der Waals surface area contributed by atoms with Gasteiger partial charge in [0.1, 0.15) is 0 Å². The lowest BCUT2D eigenvalue weighted by molar-refractivity contribution is 0.103. The van der Waals surface area contributed by atoms with Crippen LogP contribution in [0.15, 0.2) is 59.2 Å². The Morgan fingerprint density at radius 3 is 2.75 bits per heavy atom. The maximum Gasteiger partial charge on any atom is 0.194 e. The molecule has 0 atom stereocenters. The van der Waals surface area contributed by atoms with Crippen LogP contribution < -0.4 is 0 Å². The third-order valence-corrected chi connectivity index (χ3v) is 3.85. The summed E-state index contributed by atoms with van der Waals surface area (Å²) in [4.78, 5) is 16.8. The van der Waals surface area contributed by atoms with Crippen molar-refractivity contribution >= 4 is 44.2 Å². The first-order chi connectivity index (χ1) is 9.65. The van der Waals surface area contributed by atoms with Gasteiger partial charge in [-0.2, -0.15) is 0 Å². The van der Waals surface area contributed by atoms with Crippen molar-refractivity contribution in [2.75, 3.05) is 0 Å². The van der Waals surface area contributed by atoms with E-state index in [2.05, 4.69) is 20.9 Å². The molecule has 20 heavy (non-hydrogen) atoms. The second-order valence-electron chi connectivity index (χ2n) is 4.36. The molecule has 0 saturated carbocycles. The predicted molar refractivity (Wildman–Crippen MR) is 84.3 cm³/mol. The Labute approximate surface area is 129 Å². The summed E-state index contributed by atoms with van der Waals surface area (Å²) >= 11 is 9.45. The van der Waals surface area contributed by atoms with E-state index >= 15 is 0 Å². The van der Waals surface area contributed by atoms with Gasteiger partial charge in [-0.15, -0.1) is 0 Å². The van der Waals surface area contributed by atoms with E-state index in [9.17, 15) is 4.79 Å². The standard InChI is InChI=1S/C16H9BrClNO/c17-12-5-6-13(14(18)9-12)16(20)11-4-3-10-2-1-7-19-15(10)8-11/h1-9H. The van der Waals surface area contributed by atoms with Crippen molar-refractivity contribution in [3.63, 3.8) is 0 Å². The van der Waals surface area contributed by atoms with Crippen molar-refractivity contribution in [3.8, 4) is 0 Å². The molecule has 3 aromatic rings. The molecule has 2 nitrogen and oxygen atoms in total. The Kier molecular flexibility index (Phi) is 3.55. The van der Waals surface area contributed by atoms with E-state index in [1.807, 2.05) is 18.2 Å². The summed E-state index contributed by atoms with van der Waals surface area (Å²) < 4.78 is 0.847. The van der Waals surface area contributed by atoms with E-state index in [1.165, 1.54) is 0 Å². The van der Waals surface area contributed by atoms with Crippen LogP contribution in [-0.2, 0) is 0 Å². The zero-order chi connectivity index (χ0) is 14.1. The van der Waals surface area contributed by atoms with E-state index in [0.29, 0.717) is 16.1 Å². The molecular formula is C16H9BrClNO. The molecule has 1 aromatic heterocycles. The van der Waals surface area contributed by atoms with Gasteiger partial charge in [-0.05, 0) is 30.3 Å². The first-order valence-corrected chi connectivity index (χ1v) is 7.17. The molecule has 4 heteroatoms. The maximum atomic E-state index is 12.5. The van der Waals surface area contributed by atoms with Gasteiger partial charge in [0.25, 0.3) is 0 Å². The summed E-state index contributed by atoms with van der Waals surface area (Å²) in [7, 11) is 0. The van der Waals surface area contributed by atoms with Crippen molar-refractivity contribution in [1.82, 2.24) is 4.98 Å². The summed E-state index contributed by atoms with van der Waals surface area (Å²) in [6, 6.07) is 14.5. The second-order valence-corrected chi connectivity index (χ2v) is 5.69. The zero-order valence-corrected chi connectivity index (χ0v) is 12.6. The molecule has 0 radical (unpaired) electrons. The Hall–Kier alpha value is -1.71. The van der Waals surface area contributed by atoms with Crippen LogP contribution in [0, 0.1) is 0 Å². The number of rotatable bonds is 2. The van der Waals surface area contributed by atoms with Crippen LogP contribution >= 0.6 is 27.5 Å². The molecule has 1 heterocycles. The fourth-order valence-corrected chi connectivity index (χ4v) is 2.80. The SMILES string of the molecule is O=C(c1ccc2cccnc2c1)c1ccc(Br)cc1Cl. The van der Waals surface area contributed by atoms with Gasteiger partial charge in [0.15, 0.2) is 5.78 Å². The normalized spacial score (nSPS) is 10.7. The molecule has 0 spiro atoms. The van der Waals surface area contributed by atoms with Gasteiger partial charge >= 0.3 is 0 Å². The van der Waals surface area contributed by atoms with Crippen molar-refractivity contribution in [2.45, 2.75) is 0 Å². The summed E-state index contributed by atoms with van der Waals surface area (Å²) in [5.41, 5.74) is 1.87. The van der Waals surface area contributed by atoms with E-state index in [-0.39, 0.29) is 5.78 Å². The van der Waals surface area contributed by atoms with Gasteiger partial charge < -0.3 is 0 Å². The fourth-order valence-electron chi connectivity index (χ4n) is 2.04. The lowest BCUT2D eigenvalue weighted by Gasteiger charge is -2.05. The van der Waals surface area contributed by atoms with E-state index in [1.54, 1.807) is 36.5 Å². The Bertz CT molecular complexity index is 816. The first kappa shape index (κ1) is 13.3. The number of benzene rings is 2. The molecule has 0 fully saturated rings. The first-order valence-electron chi connectivity index (χ1n) is 6.00. The van der Waals surface area contributed by atoms with Crippen molar-refractivity contribution < 1.29 is 4.79 Å². The molecule has 0 aliphatic carbocycles. The van der Waals surface area contributed by atoms with Gasteiger partial charge in [-0.25, -0.2) is 0 Å². The number of carbonyl (C=O) groups is 1. The Morgan fingerprint density at radius 1 is 1.10 bits per heavy atom. The molecule has 0 saturated heterocycles. The number of carbonyl (C=O) groups excluding carboxylic acids is 1. The molecule has 3 rings (SSSR count). The minimum absolute atomic E-state index is 0.102.